The second-order valence-electron chi connectivity index (χ2n) is 5.64. The summed E-state index contributed by atoms with van der Waals surface area (Å²) in [5.41, 5.74) is 0. The molecule has 2 aromatic carbocycles. The van der Waals surface area contributed by atoms with Crippen LogP contribution in [0.3, 0.4) is 0 Å². The van der Waals surface area contributed by atoms with Gasteiger partial charge in [-0.05, 0) is 61.4 Å². The standard InChI is InChI=1S/C18H19NO5S/c1-23-13-4-6-14(7-5-13)24-15-8-10-16(11-9-15)25(22)17-3-2-12-19(21)18(17)20/h4-11,17,21H,2-3,12H2,1H3. The molecule has 0 saturated carbocycles. The van der Waals surface area contributed by atoms with E-state index in [4.69, 9.17) is 9.47 Å². The summed E-state index contributed by atoms with van der Waals surface area (Å²) in [7, 11) is 0.0960. The van der Waals surface area contributed by atoms with Crippen molar-refractivity contribution in [2.24, 2.45) is 0 Å². The molecule has 3 rings (SSSR count). The molecule has 2 unspecified atom stereocenters. The molecule has 0 aliphatic carbocycles. The molecule has 0 aromatic heterocycles. The number of benzene rings is 2. The maximum atomic E-state index is 12.6. The van der Waals surface area contributed by atoms with Gasteiger partial charge in [0.25, 0.3) is 5.91 Å². The minimum Gasteiger partial charge on any atom is -0.497 e. The highest BCUT2D eigenvalue weighted by Gasteiger charge is 2.33. The number of nitrogens with zero attached hydrogens (tertiary/aromatic N) is 1. The third-order valence-electron chi connectivity index (χ3n) is 3.98. The Morgan fingerprint density at radius 1 is 1.04 bits per heavy atom. The van der Waals surface area contributed by atoms with Crippen LogP contribution in [0.2, 0.25) is 0 Å². The molecule has 0 radical (unpaired) electrons. The molecule has 25 heavy (non-hydrogen) atoms. The summed E-state index contributed by atoms with van der Waals surface area (Å²) >= 11 is 0. The Kier molecular flexibility index (Phi) is 5.35. The summed E-state index contributed by atoms with van der Waals surface area (Å²) in [5, 5.41) is 9.47. The van der Waals surface area contributed by atoms with Crippen LogP contribution in [0.15, 0.2) is 53.4 Å². The Morgan fingerprint density at radius 2 is 1.60 bits per heavy atom. The topological polar surface area (TPSA) is 76.1 Å². The monoisotopic (exact) mass is 361 g/mol. The molecular weight excluding hydrogens is 342 g/mol. The first-order chi connectivity index (χ1) is 12.1. The van der Waals surface area contributed by atoms with Gasteiger partial charge in [-0.25, -0.2) is 5.06 Å². The summed E-state index contributed by atoms with van der Waals surface area (Å²) in [6, 6.07) is 14.0. The first kappa shape index (κ1) is 17.4. The van der Waals surface area contributed by atoms with E-state index < -0.39 is 22.0 Å². The first-order valence-electron chi connectivity index (χ1n) is 7.91. The highest BCUT2D eigenvalue weighted by atomic mass is 32.2. The molecule has 1 heterocycles. The van der Waals surface area contributed by atoms with Crippen LogP contribution in [-0.4, -0.2) is 39.3 Å². The molecule has 1 N–H and O–H groups in total. The smallest absolute Gasteiger partial charge is 0.262 e. The van der Waals surface area contributed by atoms with E-state index in [1.54, 1.807) is 55.6 Å². The van der Waals surface area contributed by atoms with Gasteiger partial charge in [-0.2, -0.15) is 0 Å². The maximum absolute atomic E-state index is 12.6. The van der Waals surface area contributed by atoms with Crippen LogP contribution in [0.1, 0.15) is 12.8 Å². The zero-order chi connectivity index (χ0) is 17.8. The van der Waals surface area contributed by atoms with Crippen LogP contribution in [0, 0.1) is 0 Å². The van der Waals surface area contributed by atoms with Crippen LogP contribution in [0.25, 0.3) is 0 Å². The lowest BCUT2D eigenvalue weighted by atomic mass is 10.1. The van der Waals surface area contributed by atoms with Crippen LogP contribution in [0.5, 0.6) is 17.2 Å². The van der Waals surface area contributed by atoms with Crippen molar-refractivity contribution < 1.29 is 23.7 Å². The average Bonchev–Trinajstić information content (AvgIpc) is 2.65. The molecular formula is C18H19NO5S. The molecule has 1 aliphatic heterocycles. The summed E-state index contributed by atoms with van der Waals surface area (Å²) in [4.78, 5) is 12.5. The predicted octanol–water partition coefficient (Wildman–Crippen LogP) is 2.98. The number of carbonyl (C=O) groups is 1. The minimum absolute atomic E-state index is 0.293. The molecule has 1 saturated heterocycles. The number of hydroxylamine groups is 2. The number of hydrogen-bond donors (Lipinski definition) is 1. The summed E-state index contributed by atoms with van der Waals surface area (Å²) in [6.07, 6.45) is 1.14. The number of rotatable bonds is 5. The highest BCUT2D eigenvalue weighted by Crippen LogP contribution is 2.26. The molecule has 0 bridgehead atoms. The molecule has 6 nitrogen and oxygen atoms in total. The summed E-state index contributed by atoms with van der Waals surface area (Å²) in [5.74, 6) is 1.52. The van der Waals surface area contributed by atoms with Gasteiger partial charge in [0.05, 0.1) is 17.9 Å². The van der Waals surface area contributed by atoms with Gasteiger partial charge in [0.15, 0.2) is 0 Å². The Balaban J connectivity index is 1.68. The highest BCUT2D eigenvalue weighted by molar-refractivity contribution is 7.86. The predicted molar refractivity (Wildman–Crippen MR) is 92.4 cm³/mol. The lowest BCUT2D eigenvalue weighted by Crippen LogP contribution is -2.44. The van der Waals surface area contributed by atoms with Crippen molar-refractivity contribution in [3.8, 4) is 17.2 Å². The van der Waals surface area contributed by atoms with E-state index in [1.165, 1.54) is 0 Å². The van der Waals surface area contributed by atoms with E-state index >= 15 is 0 Å². The number of carbonyl (C=O) groups excluding carboxylic acids is 1. The second kappa shape index (κ2) is 7.67. The fourth-order valence-electron chi connectivity index (χ4n) is 2.61. The summed E-state index contributed by atoms with van der Waals surface area (Å²) in [6.45, 7) is 0.293. The minimum atomic E-state index is -1.50. The second-order valence-corrected chi connectivity index (χ2v) is 7.27. The molecule has 1 amide bonds. The van der Waals surface area contributed by atoms with E-state index in [1.807, 2.05) is 0 Å². The fraction of sp³-hybridized carbons (Fsp3) is 0.278. The first-order valence-corrected chi connectivity index (χ1v) is 9.12. The van der Waals surface area contributed by atoms with E-state index in [9.17, 15) is 14.2 Å². The largest absolute Gasteiger partial charge is 0.497 e. The van der Waals surface area contributed by atoms with Crippen molar-refractivity contribution >= 4 is 16.7 Å². The molecule has 2 atom stereocenters. The van der Waals surface area contributed by atoms with Crippen molar-refractivity contribution in [3.63, 3.8) is 0 Å². The zero-order valence-electron chi connectivity index (χ0n) is 13.8. The van der Waals surface area contributed by atoms with Gasteiger partial charge in [-0.1, -0.05) is 0 Å². The quantitative estimate of drug-likeness (QED) is 0.829. The SMILES string of the molecule is COc1ccc(Oc2ccc(S(=O)C3CCCN(O)C3=O)cc2)cc1. The van der Waals surface area contributed by atoms with E-state index in [0.29, 0.717) is 40.8 Å². The van der Waals surface area contributed by atoms with Crippen LogP contribution >= 0.6 is 0 Å². The third kappa shape index (κ3) is 4.00. The Labute approximate surface area is 148 Å². The number of piperidine rings is 1. The molecule has 132 valence electrons. The van der Waals surface area contributed by atoms with Gasteiger partial charge in [0, 0.05) is 11.4 Å². The van der Waals surface area contributed by atoms with E-state index in [2.05, 4.69) is 0 Å². The summed E-state index contributed by atoms with van der Waals surface area (Å²) < 4.78 is 23.4. The normalized spacial score (nSPS) is 18.7. The zero-order valence-corrected chi connectivity index (χ0v) is 14.6. The average molecular weight is 361 g/mol. The van der Waals surface area contributed by atoms with Gasteiger partial charge in [0.2, 0.25) is 0 Å². The number of amides is 1. The van der Waals surface area contributed by atoms with Crippen molar-refractivity contribution in [3.05, 3.63) is 48.5 Å². The molecule has 1 aliphatic rings. The fourth-order valence-corrected chi connectivity index (χ4v) is 4.03. The molecule has 0 spiro atoms. The van der Waals surface area contributed by atoms with Crippen molar-refractivity contribution in [1.82, 2.24) is 5.06 Å². The van der Waals surface area contributed by atoms with Crippen LogP contribution in [-0.2, 0) is 15.6 Å². The van der Waals surface area contributed by atoms with Gasteiger partial charge in [0.1, 0.15) is 22.5 Å². The van der Waals surface area contributed by atoms with Crippen molar-refractivity contribution in [1.29, 1.82) is 0 Å². The third-order valence-corrected chi connectivity index (χ3v) is 5.67. The van der Waals surface area contributed by atoms with Gasteiger partial charge in [-0.15, -0.1) is 0 Å². The number of hydrogen-bond acceptors (Lipinski definition) is 5. The van der Waals surface area contributed by atoms with Crippen molar-refractivity contribution in [2.75, 3.05) is 13.7 Å². The van der Waals surface area contributed by atoms with E-state index in [-0.39, 0.29) is 0 Å². The number of ether oxygens (including phenoxy) is 2. The molecule has 2 aromatic rings. The van der Waals surface area contributed by atoms with Gasteiger partial charge in [-0.3, -0.25) is 14.2 Å². The maximum Gasteiger partial charge on any atom is 0.262 e. The lowest BCUT2D eigenvalue weighted by molar-refractivity contribution is -0.168. The van der Waals surface area contributed by atoms with Crippen LogP contribution in [0.4, 0.5) is 0 Å². The van der Waals surface area contributed by atoms with Gasteiger partial charge >= 0.3 is 0 Å². The van der Waals surface area contributed by atoms with Crippen molar-refractivity contribution in [2.45, 2.75) is 23.0 Å². The van der Waals surface area contributed by atoms with E-state index in [0.717, 1.165) is 5.75 Å². The number of methoxy groups -OCH3 is 1. The van der Waals surface area contributed by atoms with Crippen LogP contribution < -0.4 is 9.47 Å². The van der Waals surface area contributed by atoms with Gasteiger partial charge < -0.3 is 9.47 Å². The Morgan fingerprint density at radius 3 is 2.20 bits per heavy atom. The molecule has 7 heteroatoms. The lowest BCUT2D eigenvalue weighted by Gasteiger charge is -2.26. The Hall–Kier alpha value is -2.38. The Bertz CT molecular complexity index is 760. The molecule has 1 fully saturated rings.